The molecule has 0 unspecified atom stereocenters. The first-order valence-corrected chi connectivity index (χ1v) is 14.6. The molecule has 0 amide bonds. The zero-order valence-corrected chi connectivity index (χ0v) is 26.4. The molecule has 2 rings (SSSR count). The van der Waals surface area contributed by atoms with Gasteiger partial charge in [0.05, 0.1) is 5.92 Å². The second kappa shape index (κ2) is 19.5. The average Bonchev–Trinajstić information content (AvgIpc) is 2.95. The fourth-order valence-corrected chi connectivity index (χ4v) is 4.55. The molecule has 0 bridgehead atoms. The van der Waals surface area contributed by atoms with Crippen LogP contribution in [-0.4, -0.2) is 37.1 Å². The van der Waals surface area contributed by atoms with E-state index in [2.05, 4.69) is 25.7 Å². The van der Waals surface area contributed by atoms with Crippen LogP contribution in [-0.2, 0) is 41.9 Å². The molecule has 0 fully saturated rings. The zero-order valence-electron chi connectivity index (χ0n) is 26.4. The van der Waals surface area contributed by atoms with E-state index in [1.807, 2.05) is 74.5 Å². The van der Waals surface area contributed by atoms with Crippen LogP contribution >= 0.6 is 0 Å². The average molecular weight is 580 g/mol. The Balaban J connectivity index is 0.000000422. The van der Waals surface area contributed by atoms with Crippen molar-refractivity contribution in [1.29, 1.82) is 0 Å². The lowest BCUT2D eigenvalue weighted by molar-refractivity contribution is -0.154. The number of rotatable bonds is 16. The van der Waals surface area contributed by atoms with Crippen molar-refractivity contribution < 1.29 is 28.7 Å². The maximum Gasteiger partial charge on any atom is 0.334 e. The van der Waals surface area contributed by atoms with Crippen molar-refractivity contribution in [1.82, 2.24) is 5.32 Å². The highest BCUT2D eigenvalue weighted by molar-refractivity contribution is 5.96. The highest BCUT2D eigenvalue weighted by Crippen LogP contribution is 2.24. The van der Waals surface area contributed by atoms with Crippen molar-refractivity contribution in [2.24, 2.45) is 29.6 Å². The SMILES string of the molecule is C=C(C(=O)OCc1ccccc1)[C@@H](CC(C)C)C(C)=O.CNC[C@H](C(=O)OCc1ccccc1)[C@@H](CC(C)C)C(C)=O. The van der Waals surface area contributed by atoms with Crippen LogP contribution in [0.4, 0.5) is 0 Å². The quantitative estimate of drug-likeness (QED) is 0.183. The highest BCUT2D eigenvalue weighted by Gasteiger charge is 2.33. The largest absolute Gasteiger partial charge is 0.461 e. The summed E-state index contributed by atoms with van der Waals surface area (Å²) >= 11 is 0. The molecule has 7 heteroatoms. The van der Waals surface area contributed by atoms with Crippen molar-refractivity contribution in [3.8, 4) is 0 Å². The number of Topliss-reactive ketones (excluding diaryl/α,β-unsaturated/α-hetero) is 2. The van der Waals surface area contributed by atoms with Crippen LogP contribution < -0.4 is 5.32 Å². The molecule has 42 heavy (non-hydrogen) atoms. The first-order chi connectivity index (χ1) is 19.9. The van der Waals surface area contributed by atoms with E-state index in [-0.39, 0.29) is 42.2 Å². The van der Waals surface area contributed by atoms with E-state index >= 15 is 0 Å². The van der Waals surface area contributed by atoms with Gasteiger partial charge in [-0.1, -0.05) is 94.9 Å². The molecule has 7 nitrogen and oxygen atoms in total. The van der Waals surface area contributed by atoms with Crippen LogP contribution in [0.25, 0.3) is 0 Å². The molecule has 3 atom stereocenters. The Morgan fingerprint density at radius 2 is 1.19 bits per heavy atom. The first-order valence-electron chi connectivity index (χ1n) is 14.6. The summed E-state index contributed by atoms with van der Waals surface area (Å²) in [5, 5.41) is 3.00. The molecule has 0 saturated carbocycles. The van der Waals surface area contributed by atoms with Gasteiger partial charge in [-0.2, -0.15) is 0 Å². The van der Waals surface area contributed by atoms with E-state index in [9.17, 15) is 19.2 Å². The number of ether oxygens (including phenoxy) is 2. The topological polar surface area (TPSA) is 98.8 Å². The van der Waals surface area contributed by atoms with Gasteiger partial charge in [-0.3, -0.25) is 14.4 Å². The third-order valence-electron chi connectivity index (χ3n) is 6.78. The molecule has 0 aliphatic heterocycles. The van der Waals surface area contributed by atoms with E-state index in [0.717, 1.165) is 11.1 Å². The lowest BCUT2D eigenvalue weighted by Crippen LogP contribution is -2.37. The Morgan fingerprint density at radius 3 is 1.60 bits per heavy atom. The van der Waals surface area contributed by atoms with Crippen molar-refractivity contribution in [3.05, 3.63) is 83.9 Å². The van der Waals surface area contributed by atoms with Crippen molar-refractivity contribution in [2.75, 3.05) is 13.6 Å². The summed E-state index contributed by atoms with van der Waals surface area (Å²) in [6.45, 7) is 15.8. The van der Waals surface area contributed by atoms with Crippen molar-refractivity contribution in [2.45, 2.75) is 67.6 Å². The predicted octanol–water partition coefficient (Wildman–Crippen LogP) is 6.35. The molecule has 0 saturated heterocycles. The van der Waals surface area contributed by atoms with Crippen LogP contribution in [0.15, 0.2) is 72.8 Å². The number of ketones is 2. The second-order valence-corrected chi connectivity index (χ2v) is 11.5. The molecular weight excluding hydrogens is 530 g/mol. The molecule has 0 aromatic heterocycles. The molecule has 0 aliphatic rings. The van der Waals surface area contributed by atoms with E-state index in [1.165, 1.54) is 6.92 Å². The number of nitrogens with one attached hydrogen (secondary N) is 1. The number of hydrogen-bond donors (Lipinski definition) is 1. The minimum Gasteiger partial charge on any atom is -0.461 e. The Morgan fingerprint density at radius 1 is 0.714 bits per heavy atom. The summed E-state index contributed by atoms with van der Waals surface area (Å²) in [4.78, 5) is 48.0. The number of carbonyl (C=O) groups is 4. The van der Waals surface area contributed by atoms with Crippen LogP contribution in [0.1, 0.15) is 65.5 Å². The summed E-state index contributed by atoms with van der Waals surface area (Å²) < 4.78 is 10.6. The Bertz CT molecular complexity index is 1130. The number of hydrogen-bond acceptors (Lipinski definition) is 7. The minimum absolute atomic E-state index is 0.0413. The van der Waals surface area contributed by atoms with E-state index in [1.54, 1.807) is 14.0 Å². The summed E-state index contributed by atoms with van der Waals surface area (Å²) in [6, 6.07) is 19.0. The van der Waals surface area contributed by atoms with Gasteiger partial charge in [0.15, 0.2) is 0 Å². The molecule has 230 valence electrons. The molecule has 0 aliphatic carbocycles. The van der Waals surface area contributed by atoms with E-state index in [4.69, 9.17) is 9.47 Å². The summed E-state index contributed by atoms with van der Waals surface area (Å²) in [7, 11) is 1.78. The lowest BCUT2D eigenvalue weighted by Gasteiger charge is -2.25. The fraction of sp³-hybridized carbons (Fsp3) is 0.486. The molecule has 1 N–H and O–H groups in total. The van der Waals surface area contributed by atoms with Crippen LogP contribution in [0, 0.1) is 29.6 Å². The number of esters is 2. The van der Waals surface area contributed by atoms with Gasteiger partial charge in [0, 0.05) is 24.0 Å². The normalized spacial score (nSPS) is 12.9. The van der Waals surface area contributed by atoms with Gasteiger partial charge >= 0.3 is 11.9 Å². The monoisotopic (exact) mass is 579 g/mol. The predicted molar refractivity (Wildman–Crippen MR) is 166 cm³/mol. The van der Waals surface area contributed by atoms with Gasteiger partial charge in [0.2, 0.25) is 0 Å². The van der Waals surface area contributed by atoms with E-state index < -0.39 is 17.8 Å². The Labute approximate surface area is 252 Å². The molecule has 0 heterocycles. The third kappa shape index (κ3) is 13.9. The maximum absolute atomic E-state index is 12.4. The lowest BCUT2D eigenvalue weighted by atomic mass is 9.82. The molecular formula is C35H49NO6. The second-order valence-electron chi connectivity index (χ2n) is 11.5. The van der Waals surface area contributed by atoms with Gasteiger partial charge < -0.3 is 14.8 Å². The third-order valence-corrected chi connectivity index (χ3v) is 6.78. The molecule has 0 spiro atoms. The number of benzene rings is 2. The van der Waals surface area contributed by atoms with Crippen LogP contribution in [0.5, 0.6) is 0 Å². The standard InChI is InChI=1S/C18H27NO3.C17H22O3/c1-13(2)10-16(14(3)20)17(11-19-4)18(21)22-12-15-8-6-5-7-9-15;1-12(2)10-16(14(4)18)13(3)17(19)20-11-15-8-6-5-7-9-15/h5-9,13,16-17,19H,10-12H2,1-4H3;5-9,12,16H,3,10-11H2,1-2,4H3/t16-,17-;16-/m01/s1. The van der Waals surface area contributed by atoms with Crippen LogP contribution in [0.3, 0.4) is 0 Å². The fourth-order valence-electron chi connectivity index (χ4n) is 4.55. The van der Waals surface area contributed by atoms with Gasteiger partial charge in [-0.25, -0.2) is 4.79 Å². The minimum atomic E-state index is -0.491. The Hall–Kier alpha value is -3.58. The maximum atomic E-state index is 12.4. The molecule has 0 radical (unpaired) electrons. The van der Waals surface area contributed by atoms with E-state index in [0.29, 0.717) is 31.2 Å². The van der Waals surface area contributed by atoms with Gasteiger partial charge in [-0.15, -0.1) is 0 Å². The first kappa shape index (κ1) is 36.4. The zero-order chi connectivity index (χ0) is 31.7. The van der Waals surface area contributed by atoms with Crippen molar-refractivity contribution >= 4 is 23.5 Å². The van der Waals surface area contributed by atoms with Gasteiger partial charge in [0.25, 0.3) is 0 Å². The number of carbonyl (C=O) groups excluding carboxylic acids is 4. The van der Waals surface area contributed by atoms with Gasteiger partial charge in [-0.05, 0) is 56.7 Å². The summed E-state index contributed by atoms with van der Waals surface area (Å²) in [5.74, 6) is -1.29. The molecule has 2 aromatic rings. The summed E-state index contributed by atoms with van der Waals surface area (Å²) in [6.07, 6.45) is 1.32. The highest BCUT2D eigenvalue weighted by atomic mass is 16.5. The smallest absolute Gasteiger partial charge is 0.334 e. The van der Waals surface area contributed by atoms with Gasteiger partial charge in [0.1, 0.15) is 24.8 Å². The summed E-state index contributed by atoms with van der Waals surface area (Å²) in [5.41, 5.74) is 2.11. The Kier molecular flexibility index (Phi) is 16.9. The van der Waals surface area contributed by atoms with Crippen molar-refractivity contribution in [3.63, 3.8) is 0 Å². The molecule has 2 aromatic carbocycles. The van der Waals surface area contributed by atoms with Crippen LogP contribution in [0.2, 0.25) is 0 Å².